The second kappa shape index (κ2) is 13.0. The molecule has 1 unspecified atom stereocenters. The summed E-state index contributed by atoms with van der Waals surface area (Å²) < 4.78 is 11.7. The standard InChI is InChI=1S/C25H34N4O2.HI/c1-26-25(29-14-12-23(13-15-29)31-22-10-6-3-7-11-22)27-20-24(21-8-4-2-5-9-21)28-16-18-30-19-17-28;/h2-11,23-24H,12-20H2,1H3,(H,26,27);1H. The SMILES string of the molecule is CN=C(NCC(c1ccccc1)N1CCOCC1)N1CCC(Oc2ccccc2)CC1.I. The summed E-state index contributed by atoms with van der Waals surface area (Å²) in [4.78, 5) is 9.45. The number of aliphatic imine (C=N–C) groups is 1. The molecular formula is C25H35IN4O2. The highest BCUT2D eigenvalue weighted by Crippen LogP contribution is 2.22. The number of hydrogen-bond acceptors (Lipinski definition) is 4. The fraction of sp³-hybridized carbons (Fsp3) is 0.480. The molecule has 2 aromatic carbocycles. The van der Waals surface area contributed by atoms with E-state index < -0.39 is 0 Å². The Hall–Kier alpha value is -1.84. The number of piperidine rings is 1. The molecule has 0 aromatic heterocycles. The van der Waals surface area contributed by atoms with Crippen LogP contribution in [0.4, 0.5) is 0 Å². The van der Waals surface area contributed by atoms with Gasteiger partial charge in [-0.15, -0.1) is 24.0 Å². The van der Waals surface area contributed by atoms with E-state index in [9.17, 15) is 0 Å². The summed E-state index contributed by atoms with van der Waals surface area (Å²) in [5.41, 5.74) is 1.34. The first-order chi connectivity index (χ1) is 15.3. The molecule has 0 spiro atoms. The molecule has 2 aromatic rings. The highest BCUT2D eigenvalue weighted by molar-refractivity contribution is 14.0. The van der Waals surface area contributed by atoms with E-state index in [1.807, 2.05) is 37.4 Å². The van der Waals surface area contributed by atoms with E-state index in [2.05, 4.69) is 50.4 Å². The van der Waals surface area contributed by atoms with Gasteiger partial charge >= 0.3 is 0 Å². The van der Waals surface area contributed by atoms with Gasteiger partial charge in [0.05, 0.1) is 19.3 Å². The van der Waals surface area contributed by atoms with Crippen LogP contribution in [0.25, 0.3) is 0 Å². The second-order valence-electron chi connectivity index (χ2n) is 8.12. The molecule has 7 heteroatoms. The smallest absolute Gasteiger partial charge is 0.193 e. The Kier molecular flexibility index (Phi) is 10.1. The largest absolute Gasteiger partial charge is 0.490 e. The third-order valence-electron chi connectivity index (χ3n) is 6.12. The average molecular weight is 550 g/mol. The van der Waals surface area contributed by atoms with E-state index in [4.69, 9.17) is 9.47 Å². The van der Waals surface area contributed by atoms with E-state index in [-0.39, 0.29) is 30.1 Å². The van der Waals surface area contributed by atoms with Crippen molar-refractivity contribution in [3.8, 4) is 5.75 Å². The topological polar surface area (TPSA) is 49.3 Å². The van der Waals surface area contributed by atoms with Gasteiger partial charge in [0.15, 0.2) is 5.96 Å². The Bertz CT molecular complexity index is 807. The Morgan fingerprint density at radius 1 is 1.00 bits per heavy atom. The van der Waals surface area contributed by atoms with Gasteiger partial charge in [-0.1, -0.05) is 48.5 Å². The van der Waals surface area contributed by atoms with Gasteiger partial charge in [0, 0.05) is 52.6 Å². The molecule has 0 aliphatic carbocycles. The van der Waals surface area contributed by atoms with E-state index in [1.165, 1.54) is 5.56 Å². The molecule has 2 fully saturated rings. The first kappa shape index (κ1) is 24.8. The van der Waals surface area contributed by atoms with Crippen LogP contribution in [0.1, 0.15) is 24.4 Å². The lowest BCUT2D eigenvalue weighted by atomic mass is 10.0. The number of para-hydroxylation sites is 1. The summed E-state index contributed by atoms with van der Waals surface area (Å²) in [6, 6.07) is 21.2. The molecule has 32 heavy (non-hydrogen) atoms. The van der Waals surface area contributed by atoms with Gasteiger partial charge in [-0.3, -0.25) is 9.89 Å². The highest BCUT2D eigenvalue weighted by Gasteiger charge is 2.26. The lowest BCUT2D eigenvalue weighted by Gasteiger charge is -2.37. The van der Waals surface area contributed by atoms with Crippen LogP contribution in [-0.2, 0) is 4.74 Å². The lowest BCUT2D eigenvalue weighted by Crippen LogP contribution is -2.50. The number of morpholine rings is 1. The molecule has 2 aliphatic rings. The normalized spacial score (nSPS) is 19.2. The molecule has 6 nitrogen and oxygen atoms in total. The minimum Gasteiger partial charge on any atom is -0.490 e. The van der Waals surface area contributed by atoms with Gasteiger partial charge in [-0.25, -0.2) is 0 Å². The Balaban J connectivity index is 0.00000289. The maximum absolute atomic E-state index is 6.15. The van der Waals surface area contributed by atoms with Crippen LogP contribution in [0.15, 0.2) is 65.7 Å². The zero-order valence-electron chi connectivity index (χ0n) is 18.9. The number of rotatable bonds is 6. The average Bonchev–Trinajstić information content (AvgIpc) is 2.84. The van der Waals surface area contributed by atoms with Crippen molar-refractivity contribution < 1.29 is 9.47 Å². The van der Waals surface area contributed by atoms with E-state index in [1.54, 1.807) is 0 Å². The van der Waals surface area contributed by atoms with E-state index in [0.717, 1.165) is 70.5 Å². The predicted molar refractivity (Wildman–Crippen MR) is 140 cm³/mol. The van der Waals surface area contributed by atoms with Crippen LogP contribution in [0.2, 0.25) is 0 Å². The number of nitrogens with zero attached hydrogens (tertiary/aromatic N) is 3. The van der Waals surface area contributed by atoms with Crippen molar-refractivity contribution in [2.75, 3.05) is 53.0 Å². The first-order valence-electron chi connectivity index (χ1n) is 11.4. The number of guanidine groups is 1. The van der Waals surface area contributed by atoms with Crippen LogP contribution < -0.4 is 10.1 Å². The van der Waals surface area contributed by atoms with Crippen molar-refractivity contribution in [3.05, 3.63) is 66.2 Å². The zero-order valence-corrected chi connectivity index (χ0v) is 21.2. The highest BCUT2D eigenvalue weighted by atomic mass is 127. The molecule has 1 N–H and O–H groups in total. The van der Waals surface area contributed by atoms with Crippen molar-refractivity contribution in [2.45, 2.75) is 25.0 Å². The fourth-order valence-electron chi connectivity index (χ4n) is 4.42. The summed E-state index contributed by atoms with van der Waals surface area (Å²) in [7, 11) is 1.88. The van der Waals surface area contributed by atoms with Crippen molar-refractivity contribution in [1.82, 2.24) is 15.1 Å². The molecular weight excluding hydrogens is 515 g/mol. The number of likely N-dealkylation sites (tertiary alicyclic amines) is 1. The number of nitrogens with one attached hydrogen (secondary N) is 1. The molecule has 2 aliphatic heterocycles. The lowest BCUT2D eigenvalue weighted by molar-refractivity contribution is 0.0168. The maximum Gasteiger partial charge on any atom is 0.193 e. The van der Waals surface area contributed by atoms with Gasteiger partial charge in [-0.05, 0) is 17.7 Å². The van der Waals surface area contributed by atoms with Crippen molar-refractivity contribution in [3.63, 3.8) is 0 Å². The number of ether oxygens (including phenoxy) is 2. The van der Waals surface area contributed by atoms with E-state index in [0.29, 0.717) is 6.04 Å². The van der Waals surface area contributed by atoms with Crippen molar-refractivity contribution in [2.24, 2.45) is 4.99 Å². The molecule has 0 bridgehead atoms. The minimum atomic E-state index is 0. The Morgan fingerprint density at radius 3 is 2.25 bits per heavy atom. The predicted octanol–water partition coefficient (Wildman–Crippen LogP) is 3.80. The molecule has 0 saturated carbocycles. The number of halogens is 1. The molecule has 1 atom stereocenters. The summed E-state index contributed by atoms with van der Waals surface area (Å²) in [6.07, 6.45) is 2.27. The zero-order chi connectivity index (χ0) is 21.3. The van der Waals surface area contributed by atoms with Crippen LogP contribution in [0.5, 0.6) is 5.75 Å². The Morgan fingerprint density at radius 2 is 1.62 bits per heavy atom. The van der Waals surface area contributed by atoms with E-state index >= 15 is 0 Å². The first-order valence-corrected chi connectivity index (χ1v) is 11.4. The fourth-order valence-corrected chi connectivity index (χ4v) is 4.42. The summed E-state index contributed by atoms with van der Waals surface area (Å²) >= 11 is 0. The summed E-state index contributed by atoms with van der Waals surface area (Å²) in [5.74, 6) is 1.94. The monoisotopic (exact) mass is 550 g/mol. The molecule has 0 radical (unpaired) electrons. The second-order valence-corrected chi connectivity index (χ2v) is 8.12. The third-order valence-corrected chi connectivity index (χ3v) is 6.12. The third kappa shape index (κ3) is 6.83. The molecule has 2 saturated heterocycles. The van der Waals surface area contributed by atoms with Crippen LogP contribution in [0, 0.1) is 0 Å². The van der Waals surface area contributed by atoms with Crippen molar-refractivity contribution in [1.29, 1.82) is 0 Å². The van der Waals surface area contributed by atoms with Crippen molar-refractivity contribution >= 4 is 29.9 Å². The minimum absolute atomic E-state index is 0. The summed E-state index contributed by atoms with van der Waals surface area (Å²) in [6.45, 7) is 6.25. The molecule has 174 valence electrons. The van der Waals surface area contributed by atoms with Gasteiger partial charge < -0.3 is 19.7 Å². The van der Waals surface area contributed by atoms with Crippen LogP contribution in [-0.4, -0.2) is 74.8 Å². The maximum atomic E-state index is 6.15. The Labute approximate surface area is 209 Å². The quantitative estimate of drug-likeness (QED) is 0.337. The van der Waals surface area contributed by atoms with Crippen LogP contribution in [0.3, 0.4) is 0 Å². The van der Waals surface area contributed by atoms with Crippen LogP contribution >= 0.6 is 24.0 Å². The number of hydrogen-bond donors (Lipinski definition) is 1. The number of benzene rings is 2. The van der Waals surface area contributed by atoms with Gasteiger partial charge in [0.25, 0.3) is 0 Å². The molecule has 4 rings (SSSR count). The molecule has 0 amide bonds. The molecule has 2 heterocycles. The van der Waals surface area contributed by atoms with Gasteiger partial charge in [-0.2, -0.15) is 0 Å². The van der Waals surface area contributed by atoms with Gasteiger partial charge in [0.2, 0.25) is 0 Å². The van der Waals surface area contributed by atoms with Gasteiger partial charge in [0.1, 0.15) is 11.9 Å². The summed E-state index contributed by atoms with van der Waals surface area (Å²) in [5, 5.41) is 3.65.